The van der Waals surface area contributed by atoms with Crippen LogP contribution in [-0.4, -0.2) is 16.6 Å². The molecular formula is C24H19FN2O2. The molecule has 1 aromatic heterocycles. The normalized spacial score (nSPS) is 10.5. The van der Waals surface area contributed by atoms with Gasteiger partial charge in [0.15, 0.2) is 11.6 Å². The first-order valence-corrected chi connectivity index (χ1v) is 9.29. The van der Waals surface area contributed by atoms with E-state index in [9.17, 15) is 4.39 Å². The molecule has 0 aliphatic heterocycles. The van der Waals surface area contributed by atoms with E-state index in [0.717, 1.165) is 17.7 Å². The van der Waals surface area contributed by atoms with Crippen molar-refractivity contribution in [3.05, 3.63) is 103 Å². The molecule has 3 aromatic carbocycles. The highest BCUT2D eigenvalue weighted by Gasteiger charge is 2.05. The minimum absolute atomic E-state index is 0.310. The third kappa shape index (κ3) is 5.17. The van der Waals surface area contributed by atoms with Gasteiger partial charge in [0.05, 0.1) is 19.0 Å². The molecule has 0 atom stereocenters. The zero-order chi connectivity index (χ0) is 19.9. The molecule has 5 heteroatoms. The average molecular weight is 386 g/mol. The molecule has 0 fully saturated rings. The summed E-state index contributed by atoms with van der Waals surface area (Å²) < 4.78 is 24.5. The van der Waals surface area contributed by atoms with Gasteiger partial charge in [-0.15, -0.1) is 0 Å². The molecule has 0 aliphatic rings. The predicted octanol–water partition coefficient (Wildman–Crippen LogP) is 5.70. The molecule has 4 rings (SSSR count). The predicted molar refractivity (Wildman–Crippen MR) is 110 cm³/mol. The molecule has 0 amide bonds. The van der Waals surface area contributed by atoms with Crippen molar-refractivity contribution in [1.29, 1.82) is 0 Å². The van der Waals surface area contributed by atoms with Crippen molar-refractivity contribution in [2.24, 2.45) is 0 Å². The number of hydrogen-bond acceptors (Lipinski definition) is 4. The van der Waals surface area contributed by atoms with Crippen LogP contribution in [0.3, 0.4) is 0 Å². The summed E-state index contributed by atoms with van der Waals surface area (Å²) in [7, 11) is 0. The highest BCUT2D eigenvalue weighted by molar-refractivity contribution is 5.57. The Morgan fingerprint density at radius 2 is 1.48 bits per heavy atom. The molecule has 4 nitrogen and oxygen atoms in total. The van der Waals surface area contributed by atoms with Gasteiger partial charge in [-0.05, 0) is 42.0 Å². The van der Waals surface area contributed by atoms with Crippen molar-refractivity contribution in [3.8, 4) is 28.6 Å². The molecule has 0 aliphatic carbocycles. The van der Waals surface area contributed by atoms with E-state index < -0.39 is 0 Å². The quantitative estimate of drug-likeness (QED) is 0.409. The van der Waals surface area contributed by atoms with Gasteiger partial charge in [0.1, 0.15) is 17.3 Å². The standard InChI is InChI=1S/C24H19FN2O2/c25-20-9-11-21(12-10-20)29-23-16-26-24(27-17-23)19-7-4-8-22(15-19)28-14-13-18-5-2-1-3-6-18/h1-12,15-17H,13-14H2. The first-order valence-electron chi connectivity index (χ1n) is 9.29. The lowest BCUT2D eigenvalue weighted by Crippen LogP contribution is -2.01. The number of hydrogen-bond donors (Lipinski definition) is 0. The SMILES string of the molecule is Fc1ccc(Oc2cnc(-c3cccc(OCCc4ccccc4)c3)nc2)cc1. The van der Waals surface area contributed by atoms with Crippen LogP contribution < -0.4 is 9.47 Å². The Morgan fingerprint density at radius 1 is 0.724 bits per heavy atom. The molecule has 0 saturated heterocycles. The van der Waals surface area contributed by atoms with Gasteiger partial charge in [-0.1, -0.05) is 42.5 Å². The van der Waals surface area contributed by atoms with E-state index >= 15 is 0 Å². The largest absolute Gasteiger partial charge is 0.493 e. The molecule has 0 spiro atoms. The molecule has 1 heterocycles. The third-order valence-electron chi connectivity index (χ3n) is 4.27. The Kier molecular flexibility index (Phi) is 5.76. The summed E-state index contributed by atoms with van der Waals surface area (Å²) in [6.07, 6.45) is 4.03. The molecule has 4 aromatic rings. The fourth-order valence-corrected chi connectivity index (χ4v) is 2.81. The maximum atomic E-state index is 13.0. The molecule has 0 saturated carbocycles. The van der Waals surface area contributed by atoms with Gasteiger partial charge in [-0.3, -0.25) is 0 Å². The summed E-state index contributed by atoms with van der Waals surface area (Å²) in [5, 5.41) is 0. The average Bonchev–Trinajstić information content (AvgIpc) is 2.77. The number of halogens is 1. The van der Waals surface area contributed by atoms with Gasteiger partial charge < -0.3 is 9.47 Å². The van der Waals surface area contributed by atoms with Crippen LogP contribution >= 0.6 is 0 Å². The highest BCUT2D eigenvalue weighted by atomic mass is 19.1. The van der Waals surface area contributed by atoms with Crippen LogP contribution in [0, 0.1) is 5.82 Å². The summed E-state index contributed by atoms with van der Waals surface area (Å²) in [5.74, 6) is 2.04. The molecule has 144 valence electrons. The Labute approximate surface area is 168 Å². The molecule has 0 radical (unpaired) electrons. The summed E-state index contributed by atoms with van der Waals surface area (Å²) in [4.78, 5) is 8.73. The van der Waals surface area contributed by atoms with Crippen LogP contribution in [-0.2, 0) is 6.42 Å². The second-order valence-corrected chi connectivity index (χ2v) is 6.41. The Balaban J connectivity index is 1.39. The summed E-state index contributed by atoms with van der Waals surface area (Å²) in [6, 6.07) is 23.7. The van der Waals surface area contributed by atoms with E-state index in [-0.39, 0.29) is 5.82 Å². The molecule has 0 bridgehead atoms. The molecule has 29 heavy (non-hydrogen) atoms. The lowest BCUT2D eigenvalue weighted by Gasteiger charge is -2.08. The lowest BCUT2D eigenvalue weighted by molar-refractivity contribution is 0.322. The van der Waals surface area contributed by atoms with Crippen LogP contribution in [0.2, 0.25) is 0 Å². The van der Waals surface area contributed by atoms with Crippen LogP contribution in [0.5, 0.6) is 17.2 Å². The topological polar surface area (TPSA) is 44.2 Å². The van der Waals surface area contributed by atoms with Gasteiger partial charge in [0.2, 0.25) is 0 Å². The molecular weight excluding hydrogens is 367 g/mol. The minimum atomic E-state index is -0.310. The number of ether oxygens (including phenoxy) is 2. The van der Waals surface area contributed by atoms with Crippen molar-refractivity contribution in [2.75, 3.05) is 6.61 Å². The second kappa shape index (κ2) is 8.97. The van der Waals surface area contributed by atoms with Crippen molar-refractivity contribution in [2.45, 2.75) is 6.42 Å². The summed E-state index contributed by atoms with van der Waals surface area (Å²) in [6.45, 7) is 0.596. The van der Waals surface area contributed by atoms with E-state index in [1.807, 2.05) is 42.5 Å². The first kappa shape index (κ1) is 18.6. The Morgan fingerprint density at radius 3 is 2.24 bits per heavy atom. The van der Waals surface area contributed by atoms with E-state index in [0.29, 0.717) is 23.9 Å². The number of rotatable bonds is 7. The zero-order valence-corrected chi connectivity index (χ0v) is 15.7. The summed E-state index contributed by atoms with van der Waals surface area (Å²) in [5.41, 5.74) is 2.10. The fraction of sp³-hybridized carbons (Fsp3) is 0.0833. The number of nitrogens with zero attached hydrogens (tertiary/aromatic N) is 2. The van der Waals surface area contributed by atoms with Gasteiger partial charge in [-0.2, -0.15) is 0 Å². The van der Waals surface area contributed by atoms with E-state index in [1.54, 1.807) is 24.5 Å². The van der Waals surface area contributed by atoms with Gasteiger partial charge in [0.25, 0.3) is 0 Å². The van der Waals surface area contributed by atoms with Crippen molar-refractivity contribution >= 4 is 0 Å². The molecule has 0 unspecified atom stereocenters. The van der Waals surface area contributed by atoms with E-state index in [4.69, 9.17) is 9.47 Å². The van der Waals surface area contributed by atoms with Gasteiger partial charge >= 0.3 is 0 Å². The van der Waals surface area contributed by atoms with Crippen molar-refractivity contribution in [1.82, 2.24) is 9.97 Å². The maximum Gasteiger partial charge on any atom is 0.164 e. The van der Waals surface area contributed by atoms with Crippen LogP contribution in [0.25, 0.3) is 11.4 Å². The fourth-order valence-electron chi connectivity index (χ4n) is 2.81. The van der Waals surface area contributed by atoms with Gasteiger partial charge in [0, 0.05) is 12.0 Å². The smallest absolute Gasteiger partial charge is 0.164 e. The lowest BCUT2D eigenvalue weighted by atomic mass is 10.2. The Hall–Kier alpha value is -3.73. The number of benzene rings is 3. The van der Waals surface area contributed by atoms with Crippen molar-refractivity contribution < 1.29 is 13.9 Å². The monoisotopic (exact) mass is 386 g/mol. The van der Waals surface area contributed by atoms with E-state index in [1.165, 1.54) is 17.7 Å². The maximum absolute atomic E-state index is 13.0. The van der Waals surface area contributed by atoms with Crippen molar-refractivity contribution in [3.63, 3.8) is 0 Å². The Bertz CT molecular complexity index is 1050. The second-order valence-electron chi connectivity index (χ2n) is 6.41. The van der Waals surface area contributed by atoms with Crippen LogP contribution in [0.15, 0.2) is 91.3 Å². The molecule has 0 N–H and O–H groups in total. The summed E-state index contributed by atoms with van der Waals surface area (Å²) >= 11 is 0. The number of aromatic nitrogens is 2. The first-order chi connectivity index (χ1) is 14.3. The third-order valence-corrected chi connectivity index (χ3v) is 4.27. The van der Waals surface area contributed by atoms with Crippen LogP contribution in [0.4, 0.5) is 4.39 Å². The zero-order valence-electron chi connectivity index (χ0n) is 15.7. The van der Waals surface area contributed by atoms with Crippen LogP contribution in [0.1, 0.15) is 5.56 Å². The highest BCUT2D eigenvalue weighted by Crippen LogP contribution is 2.24. The van der Waals surface area contributed by atoms with E-state index in [2.05, 4.69) is 22.1 Å². The minimum Gasteiger partial charge on any atom is -0.493 e. The van der Waals surface area contributed by atoms with Gasteiger partial charge in [-0.25, -0.2) is 14.4 Å².